The Bertz CT molecular complexity index is 420. The maximum Gasteiger partial charge on any atom is 0.134 e. The molecule has 1 fully saturated rings. The monoisotopic (exact) mass is 276 g/mol. The molecule has 0 radical (unpaired) electrons. The molecule has 0 heterocycles. The van der Waals surface area contributed by atoms with Crippen molar-refractivity contribution in [1.29, 1.82) is 0 Å². The minimum absolute atomic E-state index is 0.152. The van der Waals surface area contributed by atoms with Gasteiger partial charge in [-0.3, -0.25) is 4.79 Å². The van der Waals surface area contributed by atoms with E-state index in [0.29, 0.717) is 12.3 Å². The van der Waals surface area contributed by atoms with Crippen LogP contribution in [0.1, 0.15) is 44.6 Å². The summed E-state index contributed by atoms with van der Waals surface area (Å²) in [4.78, 5) is 21.0. The number of ether oxygens (including phenoxy) is 1. The van der Waals surface area contributed by atoms with Crippen molar-refractivity contribution in [2.24, 2.45) is 5.92 Å². The number of rotatable bonds is 4. The van der Waals surface area contributed by atoms with Crippen LogP contribution in [-0.2, 0) is 16.0 Å². The Kier molecular flexibility index (Phi) is 7.63. The van der Waals surface area contributed by atoms with E-state index in [2.05, 4.69) is 0 Å². The quantitative estimate of drug-likeness (QED) is 0.789. The minimum atomic E-state index is 0.152. The maximum absolute atomic E-state index is 10.8. The Balaban J connectivity index is 0.000000217. The predicted molar refractivity (Wildman–Crippen MR) is 80.0 cm³/mol. The Labute approximate surface area is 121 Å². The number of aldehydes is 1. The second kappa shape index (κ2) is 9.29. The van der Waals surface area contributed by atoms with E-state index in [-0.39, 0.29) is 5.78 Å². The van der Waals surface area contributed by atoms with Gasteiger partial charge >= 0.3 is 0 Å². The molecule has 0 saturated heterocycles. The average molecular weight is 276 g/mol. The van der Waals surface area contributed by atoms with E-state index in [1.165, 1.54) is 19.3 Å². The Morgan fingerprint density at radius 1 is 1.25 bits per heavy atom. The van der Waals surface area contributed by atoms with E-state index < -0.39 is 0 Å². The van der Waals surface area contributed by atoms with Crippen molar-refractivity contribution in [3.8, 4) is 5.75 Å². The highest BCUT2D eigenvalue weighted by Crippen LogP contribution is 2.21. The molecule has 110 valence electrons. The maximum atomic E-state index is 10.8. The van der Waals surface area contributed by atoms with Crippen LogP contribution in [0.25, 0.3) is 0 Å². The van der Waals surface area contributed by atoms with Gasteiger partial charge in [-0.15, -0.1) is 0 Å². The molecule has 0 atom stereocenters. The number of ketones is 1. The van der Waals surface area contributed by atoms with Gasteiger partial charge in [-0.05, 0) is 25.8 Å². The molecule has 0 aliphatic heterocycles. The van der Waals surface area contributed by atoms with Crippen molar-refractivity contribution in [3.63, 3.8) is 0 Å². The molecule has 20 heavy (non-hydrogen) atoms. The molecule has 1 aromatic rings. The lowest BCUT2D eigenvalue weighted by Crippen LogP contribution is -2.06. The predicted octanol–water partition coefficient (Wildman–Crippen LogP) is 3.59. The fourth-order valence-electron chi connectivity index (χ4n) is 2.39. The summed E-state index contributed by atoms with van der Waals surface area (Å²) in [6, 6.07) is 7.56. The second-order valence-electron chi connectivity index (χ2n) is 5.22. The molecule has 1 aromatic carbocycles. The number of hydrogen-bond donors (Lipinski definition) is 0. The summed E-state index contributed by atoms with van der Waals surface area (Å²) in [7, 11) is 1.61. The first-order chi connectivity index (χ1) is 9.67. The standard InChI is InChI=1S/C10H12O2.C7H12O/c1-8(11)7-9-5-3-4-6-10(9)12-2;8-6-7-4-2-1-3-5-7/h3-6H,7H2,1-2H3;6-7H,1-5H2. The molecule has 0 bridgehead atoms. The van der Waals surface area contributed by atoms with Gasteiger partial charge in [0.25, 0.3) is 0 Å². The zero-order valence-electron chi connectivity index (χ0n) is 12.4. The van der Waals surface area contributed by atoms with Crippen LogP contribution < -0.4 is 4.74 Å². The number of para-hydroxylation sites is 1. The highest BCUT2D eigenvalue weighted by molar-refractivity contribution is 5.78. The van der Waals surface area contributed by atoms with E-state index in [1.807, 2.05) is 24.3 Å². The largest absolute Gasteiger partial charge is 0.496 e. The number of benzene rings is 1. The lowest BCUT2D eigenvalue weighted by molar-refractivity contribution is -0.116. The fourth-order valence-corrected chi connectivity index (χ4v) is 2.39. The first-order valence-electron chi connectivity index (χ1n) is 7.24. The minimum Gasteiger partial charge on any atom is -0.496 e. The SMILES string of the molecule is COc1ccccc1CC(C)=O.O=CC1CCCCC1. The molecule has 0 amide bonds. The molecule has 2 rings (SSSR count). The van der Waals surface area contributed by atoms with Crippen molar-refractivity contribution in [2.75, 3.05) is 7.11 Å². The van der Waals surface area contributed by atoms with Crippen molar-refractivity contribution >= 4 is 12.1 Å². The number of carbonyl (C=O) groups is 2. The lowest BCUT2D eigenvalue weighted by Gasteiger charge is -2.14. The van der Waals surface area contributed by atoms with E-state index in [4.69, 9.17) is 4.74 Å². The van der Waals surface area contributed by atoms with Crippen molar-refractivity contribution in [3.05, 3.63) is 29.8 Å². The molecule has 0 aromatic heterocycles. The van der Waals surface area contributed by atoms with E-state index in [1.54, 1.807) is 14.0 Å². The van der Waals surface area contributed by atoms with Gasteiger partial charge in [-0.1, -0.05) is 37.5 Å². The number of carbonyl (C=O) groups excluding carboxylic acids is 2. The first-order valence-corrected chi connectivity index (χ1v) is 7.24. The molecule has 1 aliphatic rings. The van der Waals surface area contributed by atoms with Gasteiger partial charge < -0.3 is 9.53 Å². The van der Waals surface area contributed by atoms with Gasteiger partial charge in [0.15, 0.2) is 0 Å². The van der Waals surface area contributed by atoms with Crippen LogP contribution in [0.5, 0.6) is 5.75 Å². The lowest BCUT2D eigenvalue weighted by atomic mass is 9.91. The third-order valence-corrected chi connectivity index (χ3v) is 3.47. The molecule has 1 saturated carbocycles. The zero-order valence-corrected chi connectivity index (χ0v) is 12.4. The van der Waals surface area contributed by atoms with Gasteiger partial charge in [0.1, 0.15) is 17.8 Å². The molecule has 0 spiro atoms. The van der Waals surface area contributed by atoms with Gasteiger partial charge in [0.2, 0.25) is 0 Å². The summed E-state index contributed by atoms with van der Waals surface area (Å²) in [6.07, 6.45) is 7.72. The number of methoxy groups -OCH3 is 1. The summed E-state index contributed by atoms with van der Waals surface area (Å²) in [5.41, 5.74) is 0.951. The normalized spacial score (nSPS) is 14.9. The van der Waals surface area contributed by atoms with Gasteiger partial charge in [-0.2, -0.15) is 0 Å². The topological polar surface area (TPSA) is 43.4 Å². The van der Waals surface area contributed by atoms with E-state index in [0.717, 1.165) is 30.4 Å². The third kappa shape index (κ3) is 6.00. The molecular weight excluding hydrogens is 252 g/mol. The fraction of sp³-hybridized carbons (Fsp3) is 0.529. The van der Waals surface area contributed by atoms with Gasteiger partial charge in [0.05, 0.1) is 7.11 Å². The summed E-state index contributed by atoms with van der Waals surface area (Å²) in [6.45, 7) is 1.58. The zero-order chi connectivity index (χ0) is 14.8. The molecule has 0 N–H and O–H groups in total. The molecule has 3 nitrogen and oxygen atoms in total. The van der Waals surface area contributed by atoms with Crippen LogP contribution in [0.4, 0.5) is 0 Å². The average Bonchev–Trinajstić information content (AvgIpc) is 2.49. The van der Waals surface area contributed by atoms with Crippen LogP contribution in [-0.4, -0.2) is 19.2 Å². The first kappa shape index (κ1) is 16.4. The summed E-state index contributed by atoms with van der Waals surface area (Å²) < 4.78 is 5.09. The van der Waals surface area contributed by atoms with Crippen molar-refractivity contribution in [2.45, 2.75) is 45.4 Å². The highest BCUT2D eigenvalue weighted by atomic mass is 16.5. The van der Waals surface area contributed by atoms with Crippen LogP contribution in [0.2, 0.25) is 0 Å². The van der Waals surface area contributed by atoms with Crippen LogP contribution >= 0.6 is 0 Å². The van der Waals surface area contributed by atoms with Crippen molar-refractivity contribution in [1.82, 2.24) is 0 Å². The third-order valence-electron chi connectivity index (χ3n) is 3.47. The Morgan fingerprint density at radius 3 is 2.40 bits per heavy atom. The number of Topliss-reactive ketones (excluding diaryl/α,β-unsaturated/α-hetero) is 1. The molecule has 0 unspecified atom stereocenters. The van der Waals surface area contributed by atoms with Crippen molar-refractivity contribution < 1.29 is 14.3 Å². The summed E-state index contributed by atoms with van der Waals surface area (Å²) in [5, 5.41) is 0. The van der Waals surface area contributed by atoms with Crippen LogP contribution in [0.3, 0.4) is 0 Å². The Morgan fingerprint density at radius 2 is 1.90 bits per heavy atom. The highest BCUT2D eigenvalue weighted by Gasteiger charge is 2.10. The summed E-state index contributed by atoms with van der Waals surface area (Å²) in [5.74, 6) is 1.34. The Hall–Kier alpha value is -1.64. The second-order valence-corrected chi connectivity index (χ2v) is 5.22. The number of hydrogen-bond acceptors (Lipinski definition) is 3. The molecule has 1 aliphatic carbocycles. The van der Waals surface area contributed by atoms with Gasteiger partial charge in [-0.25, -0.2) is 0 Å². The van der Waals surface area contributed by atoms with Crippen LogP contribution in [0, 0.1) is 5.92 Å². The smallest absolute Gasteiger partial charge is 0.134 e. The van der Waals surface area contributed by atoms with Crippen LogP contribution in [0.15, 0.2) is 24.3 Å². The molecule has 3 heteroatoms. The summed E-state index contributed by atoms with van der Waals surface area (Å²) >= 11 is 0. The molecular formula is C17H24O3. The van der Waals surface area contributed by atoms with E-state index >= 15 is 0 Å². The van der Waals surface area contributed by atoms with Gasteiger partial charge in [0, 0.05) is 17.9 Å². The van der Waals surface area contributed by atoms with E-state index in [9.17, 15) is 9.59 Å².